The topological polar surface area (TPSA) is 102 Å². The molecule has 1 amide bonds. The maximum Gasteiger partial charge on any atom is 0.245 e. The average Bonchev–Trinajstić information content (AvgIpc) is 3.51. The number of rotatable bonds is 6. The fourth-order valence-electron chi connectivity index (χ4n) is 5.12. The van der Waals surface area contributed by atoms with Crippen molar-refractivity contribution in [2.45, 2.75) is 32.1 Å². The molecule has 1 aliphatic rings. The first kappa shape index (κ1) is 23.7. The second kappa shape index (κ2) is 9.97. The average molecular weight is 509 g/mol. The minimum atomic E-state index is -0.0000427. The quantitative estimate of drug-likeness (QED) is 0.326. The number of nitrogens with zero attached hydrogens (tertiary/aromatic N) is 7. The van der Waals surface area contributed by atoms with Gasteiger partial charge >= 0.3 is 0 Å². The monoisotopic (exact) mass is 508 g/mol. The van der Waals surface area contributed by atoms with Crippen LogP contribution in [0.2, 0.25) is 0 Å². The zero-order valence-corrected chi connectivity index (χ0v) is 21.1. The Labute approximate surface area is 219 Å². The van der Waals surface area contributed by atoms with Gasteiger partial charge < -0.3 is 15.0 Å². The first-order valence-corrected chi connectivity index (χ1v) is 12.7. The number of aryl methyl sites for hydroxylation is 1. The number of pyridine rings is 1. The summed E-state index contributed by atoms with van der Waals surface area (Å²) in [5.41, 5.74) is 4.76. The van der Waals surface area contributed by atoms with Crippen molar-refractivity contribution in [1.29, 1.82) is 0 Å². The number of aromatic nitrogens is 6. The molecule has 10 nitrogen and oxygen atoms in total. The molecule has 5 aromatic rings. The van der Waals surface area contributed by atoms with Crippen LogP contribution in [0.15, 0.2) is 74.1 Å². The number of hydrogen-bond donors (Lipinski definition) is 1. The van der Waals surface area contributed by atoms with Crippen molar-refractivity contribution in [3.05, 3.63) is 85.2 Å². The van der Waals surface area contributed by atoms with Crippen molar-refractivity contribution in [2.75, 3.05) is 18.4 Å². The number of amides is 1. The predicted octanol–water partition coefficient (Wildman–Crippen LogP) is 4.90. The maximum atomic E-state index is 12.1. The maximum absolute atomic E-state index is 12.1. The van der Waals surface area contributed by atoms with Gasteiger partial charge in [0, 0.05) is 37.2 Å². The van der Waals surface area contributed by atoms with Gasteiger partial charge in [-0.25, -0.2) is 19.0 Å². The molecular formula is C28H28N8O2. The van der Waals surface area contributed by atoms with Gasteiger partial charge in [0.25, 0.3) is 0 Å². The van der Waals surface area contributed by atoms with Crippen LogP contribution in [0.1, 0.15) is 36.3 Å². The highest BCUT2D eigenvalue weighted by Crippen LogP contribution is 2.35. The Morgan fingerprint density at radius 2 is 1.89 bits per heavy atom. The van der Waals surface area contributed by atoms with Gasteiger partial charge in [0.05, 0.1) is 0 Å². The van der Waals surface area contributed by atoms with E-state index < -0.39 is 0 Å². The van der Waals surface area contributed by atoms with E-state index in [0.29, 0.717) is 18.2 Å². The molecule has 1 N–H and O–H groups in total. The van der Waals surface area contributed by atoms with E-state index in [1.165, 1.54) is 18.0 Å². The largest absolute Gasteiger partial charge is 0.457 e. The summed E-state index contributed by atoms with van der Waals surface area (Å²) in [6.45, 7) is 7.12. The molecule has 4 aromatic heterocycles. The highest BCUT2D eigenvalue weighted by molar-refractivity contribution is 5.87. The first-order valence-electron chi connectivity index (χ1n) is 12.7. The number of likely N-dealkylation sites (tertiary alicyclic amines) is 1. The molecule has 1 unspecified atom stereocenters. The van der Waals surface area contributed by atoms with Gasteiger partial charge in [-0.2, -0.15) is 10.2 Å². The SMILES string of the molecule is C=CC(=O)N1CCCC(c2ccn3ncnc(Nc4ccc(Oc5ccn6ncnc6c5)c(C)c4)c23)CC1. The predicted molar refractivity (Wildman–Crippen MR) is 144 cm³/mol. The third kappa shape index (κ3) is 4.56. The highest BCUT2D eigenvalue weighted by atomic mass is 16.5. The second-order valence-corrected chi connectivity index (χ2v) is 9.46. The summed E-state index contributed by atoms with van der Waals surface area (Å²) in [6.07, 6.45) is 11.1. The third-order valence-electron chi connectivity index (χ3n) is 7.06. The van der Waals surface area contributed by atoms with Crippen LogP contribution >= 0.6 is 0 Å². The molecule has 0 bridgehead atoms. The molecule has 0 aliphatic carbocycles. The lowest BCUT2D eigenvalue weighted by atomic mass is 9.93. The van der Waals surface area contributed by atoms with Crippen molar-refractivity contribution in [3.63, 3.8) is 0 Å². The minimum absolute atomic E-state index is 0.0000427. The van der Waals surface area contributed by atoms with Crippen molar-refractivity contribution in [3.8, 4) is 11.5 Å². The van der Waals surface area contributed by atoms with Gasteiger partial charge in [-0.1, -0.05) is 6.58 Å². The summed E-state index contributed by atoms with van der Waals surface area (Å²) in [5, 5.41) is 12.0. The van der Waals surface area contributed by atoms with E-state index >= 15 is 0 Å². The number of carbonyl (C=O) groups is 1. The van der Waals surface area contributed by atoms with Crippen LogP contribution in [0.5, 0.6) is 11.5 Å². The fourth-order valence-corrected chi connectivity index (χ4v) is 5.12. The molecule has 6 rings (SSSR count). The van der Waals surface area contributed by atoms with Gasteiger partial charge in [0.2, 0.25) is 5.91 Å². The van der Waals surface area contributed by atoms with E-state index in [-0.39, 0.29) is 5.91 Å². The molecule has 1 aliphatic heterocycles. The van der Waals surface area contributed by atoms with Crippen molar-refractivity contribution < 1.29 is 9.53 Å². The van der Waals surface area contributed by atoms with Gasteiger partial charge in [-0.15, -0.1) is 0 Å². The van der Waals surface area contributed by atoms with Crippen molar-refractivity contribution >= 4 is 28.6 Å². The van der Waals surface area contributed by atoms with E-state index in [1.807, 2.05) is 59.1 Å². The summed E-state index contributed by atoms with van der Waals surface area (Å²) < 4.78 is 9.68. The molecule has 0 saturated carbocycles. The minimum Gasteiger partial charge on any atom is -0.457 e. The Balaban J connectivity index is 1.23. The molecule has 38 heavy (non-hydrogen) atoms. The van der Waals surface area contributed by atoms with E-state index in [2.05, 4.69) is 38.1 Å². The Bertz CT molecular complexity index is 1640. The molecule has 0 radical (unpaired) electrons. The van der Waals surface area contributed by atoms with Gasteiger partial charge in [0.15, 0.2) is 11.5 Å². The standard InChI is InChI=1S/C28H28N8O2/c1-3-26(37)34-11-4-5-20(8-12-34)23-10-14-36-27(23)28(30-18-32-36)33-21-6-7-24(19(2)15-21)38-22-9-13-35-25(16-22)29-17-31-35/h3,6-7,9-10,13-18,20H,1,4-5,8,11-12H2,2H3,(H,30,32,33). The normalized spacial score (nSPS) is 15.9. The molecule has 1 saturated heterocycles. The fraction of sp³-hybridized carbons (Fsp3) is 0.250. The summed E-state index contributed by atoms with van der Waals surface area (Å²) >= 11 is 0. The smallest absolute Gasteiger partial charge is 0.245 e. The first-order chi connectivity index (χ1) is 18.6. The van der Waals surface area contributed by atoms with Crippen LogP contribution in [0, 0.1) is 6.92 Å². The molecule has 1 aromatic carbocycles. The molecule has 0 spiro atoms. The van der Waals surface area contributed by atoms with Crippen molar-refractivity contribution in [2.24, 2.45) is 0 Å². The molecule has 1 atom stereocenters. The number of carbonyl (C=O) groups excluding carboxylic acids is 1. The molecule has 5 heterocycles. The lowest BCUT2D eigenvalue weighted by molar-refractivity contribution is -0.125. The number of fused-ring (bicyclic) bond motifs is 2. The summed E-state index contributed by atoms with van der Waals surface area (Å²) in [7, 11) is 0. The lowest BCUT2D eigenvalue weighted by Gasteiger charge is -2.19. The molecule has 192 valence electrons. The Kier molecular flexibility index (Phi) is 6.20. The van der Waals surface area contributed by atoms with Crippen LogP contribution < -0.4 is 10.1 Å². The second-order valence-electron chi connectivity index (χ2n) is 9.46. The number of anilines is 2. The highest BCUT2D eigenvalue weighted by Gasteiger charge is 2.24. The Hall–Kier alpha value is -4.73. The van der Waals surface area contributed by atoms with E-state index in [4.69, 9.17) is 4.74 Å². The third-order valence-corrected chi connectivity index (χ3v) is 7.06. The van der Waals surface area contributed by atoms with Crippen LogP contribution in [0.25, 0.3) is 11.2 Å². The summed E-state index contributed by atoms with van der Waals surface area (Å²) in [5.74, 6) is 2.51. The number of nitrogens with one attached hydrogen (secondary N) is 1. The van der Waals surface area contributed by atoms with E-state index in [0.717, 1.165) is 59.8 Å². The zero-order chi connectivity index (χ0) is 26.1. The molecular weight excluding hydrogens is 480 g/mol. The van der Waals surface area contributed by atoms with Crippen LogP contribution in [0.4, 0.5) is 11.5 Å². The van der Waals surface area contributed by atoms with Crippen LogP contribution in [-0.4, -0.2) is 53.1 Å². The van der Waals surface area contributed by atoms with Crippen LogP contribution in [-0.2, 0) is 4.79 Å². The molecule has 1 fully saturated rings. The van der Waals surface area contributed by atoms with Gasteiger partial charge in [-0.05, 0) is 79.6 Å². The Morgan fingerprint density at radius 1 is 1.05 bits per heavy atom. The number of hydrogen-bond acceptors (Lipinski definition) is 7. The number of ether oxygens (including phenoxy) is 1. The Morgan fingerprint density at radius 3 is 2.76 bits per heavy atom. The van der Waals surface area contributed by atoms with Crippen molar-refractivity contribution in [1.82, 2.24) is 34.1 Å². The van der Waals surface area contributed by atoms with Gasteiger partial charge in [-0.3, -0.25) is 4.79 Å². The lowest BCUT2D eigenvalue weighted by Crippen LogP contribution is -2.30. The van der Waals surface area contributed by atoms with E-state index in [9.17, 15) is 4.79 Å². The summed E-state index contributed by atoms with van der Waals surface area (Å²) in [6, 6.07) is 11.8. The zero-order valence-electron chi connectivity index (χ0n) is 21.1. The van der Waals surface area contributed by atoms with E-state index in [1.54, 1.807) is 10.8 Å². The molecule has 10 heteroatoms. The van der Waals surface area contributed by atoms with Crippen LogP contribution in [0.3, 0.4) is 0 Å². The van der Waals surface area contributed by atoms with Gasteiger partial charge in [0.1, 0.15) is 29.7 Å². The number of benzene rings is 1. The summed E-state index contributed by atoms with van der Waals surface area (Å²) in [4.78, 5) is 22.8.